The molecule has 3 rings (SSSR count). The Bertz CT molecular complexity index is 658. The summed E-state index contributed by atoms with van der Waals surface area (Å²) in [7, 11) is 2.10. The molecule has 0 spiro atoms. The third-order valence-electron chi connectivity index (χ3n) is 3.66. The molecule has 0 radical (unpaired) electrons. The zero-order chi connectivity index (χ0) is 14.8. The van der Waals surface area contributed by atoms with Crippen LogP contribution in [0.25, 0.3) is 11.2 Å². The Balaban J connectivity index is 1.86. The molecule has 6 nitrogen and oxygen atoms in total. The van der Waals surface area contributed by atoms with E-state index in [-0.39, 0.29) is 6.42 Å². The Kier molecular flexibility index (Phi) is 4.07. The monoisotopic (exact) mass is 308 g/mol. The quantitative estimate of drug-likeness (QED) is 0.689. The number of rotatable bonds is 4. The lowest BCUT2D eigenvalue weighted by molar-refractivity contribution is -0.107. The summed E-state index contributed by atoms with van der Waals surface area (Å²) in [6.07, 6.45) is 3.28. The van der Waals surface area contributed by atoms with Crippen molar-refractivity contribution in [2.45, 2.75) is 25.3 Å². The highest BCUT2D eigenvalue weighted by Gasteiger charge is 2.20. The van der Waals surface area contributed by atoms with Crippen LogP contribution in [0.5, 0.6) is 0 Å². The van der Waals surface area contributed by atoms with E-state index in [1.165, 1.54) is 0 Å². The summed E-state index contributed by atoms with van der Waals surface area (Å²) < 4.78 is 5.72. The molecule has 0 saturated carbocycles. The molecule has 1 fully saturated rings. The number of carbonyl (C=O) groups excluding carboxylic acids is 1. The molecule has 2 aromatic heterocycles. The van der Waals surface area contributed by atoms with Crippen LogP contribution < -0.4 is 5.32 Å². The number of nitrogens with one attached hydrogen (secondary N) is 1. The smallest absolute Gasteiger partial charge is 0.297 e. The van der Waals surface area contributed by atoms with E-state index in [1.807, 2.05) is 0 Å². The van der Waals surface area contributed by atoms with Crippen LogP contribution >= 0.6 is 11.6 Å². The van der Waals surface area contributed by atoms with Crippen LogP contribution in [0.2, 0.25) is 5.15 Å². The van der Waals surface area contributed by atoms with E-state index >= 15 is 0 Å². The maximum Gasteiger partial charge on any atom is 0.297 e. The van der Waals surface area contributed by atoms with E-state index in [2.05, 4.69) is 27.2 Å². The van der Waals surface area contributed by atoms with Gasteiger partial charge in [-0.25, -0.2) is 4.98 Å². The molecule has 1 aliphatic heterocycles. The fourth-order valence-electron chi connectivity index (χ4n) is 2.70. The number of nitrogens with zero attached hydrogens (tertiary/aromatic N) is 3. The zero-order valence-electron chi connectivity index (χ0n) is 11.8. The first kappa shape index (κ1) is 14.3. The van der Waals surface area contributed by atoms with Crippen LogP contribution in [0, 0.1) is 0 Å². The number of pyridine rings is 1. The van der Waals surface area contributed by atoms with Gasteiger partial charge in [0, 0.05) is 24.6 Å². The lowest BCUT2D eigenvalue weighted by Gasteiger charge is -2.29. The van der Waals surface area contributed by atoms with Crippen molar-refractivity contribution < 1.29 is 9.21 Å². The summed E-state index contributed by atoms with van der Waals surface area (Å²) in [6, 6.07) is 2.38. The van der Waals surface area contributed by atoms with E-state index in [0.29, 0.717) is 34.0 Å². The summed E-state index contributed by atoms with van der Waals surface area (Å²) in [5.41, 5.74) is 1.67. The molecule has 3 heterocycles. The molecule has 7 heteroatoms. The second kappa shape index (κ2) is 5.99. The zero-order valence-corrected chi connectivity index (χ0v) is 12.6. The molecule has 112 valence electrons. The van der Waals surface area contributed by atoms with Gasteiger partial charge < -0.3 is 19.4 Å². The number of likely N-dealkylation sites (tertiary alicyclic amines) is 1. The average Bonchev–Trinajstić information content (AvgIpc) is 2.81. The molecule has 1 N–H and O–H groups in total. The number of fused-ring (bicyclic) bond motifs is 1. The van der Waals surface area contributed by atoms with Crippen molar-refractivity contribution in [3.8, 4) is 0 Å². The van der Waals surface area contributed by atoms with Gasteiger partial charge in [-0.05, 0) is 32.5 Å². The van der Waals surface area contributed by atoms with Crippen LogP contribution in [0.15, 0.2) is 10.5 Å². The molecule has 1 aliphatic rings. The minimum absolute atomic E-state index is 0.236. The number of carbonyl (C=O) groups is 1. The minimum Gasteiger partial charge on any atom is -0.421 e. The second-order valence-electron chi connectivity index (χ2n) is 5.39. The largest absolute Gasteiger partial charge is 0.421 e. The van der Waals surface area contributed by atoms with Gasteiger partial charge in [0.05, 0.1) is 0 Å². The Morgan fingerprint density at radius 3 is 3.19 bits per heavy atom. The van der Waals surface area contributed by atoms with Gasteiger partial charge in [0.15, 0.2) is 5.58 Å². The molecule has 0 bridgehead atoms. The Hall–Kier alpha value is -1.66. The summed E-state index contributed by atoms with van der Waals surface area (Å²) in [5.74, 6) is 0. The first-order valence-electron chi connectivity index (χ1n) is 7.00. The first-order chi connectivity index (χ1) is 10.2. The van der Waals surface area contributed by atoms with Gasteiger partial charge in [-0.15, -0.1) is 0 Å². The van der Waals surface area contributed by atoms with Gasteiger partial charge in [0.25, 0.3) is 6.01 Å². The molecule has 21 heavy (non-hydrogen) atoms. The Labute approximate surface area is 127 Å². The van der Waals surface area contributed by atoms with Crippen LogP contribution in [-0.2, 0) is 11.2 Å². The van der Waals surface area contributed by atoms with Crippen LogP contribution in [-0.4, -0.2) is 47.3 Å². The molecule has 1 saturated heterocycles. The fraction of sp³-hybridized carbons (Fsp3) is 0.500. The Morgan fingerprint density at radius 1 is 1.57 bits per heavy atom. The lowest BCUT2D eigenvalue weighted by atomic mass is 10.1. The van der Waals surface area contributed by atoms with E-state index in [9.17, 15) is 4.79 Å². The van der Waals surface area contributed by atoms with Gasteiger partial charge in [0.2, 0.25) is 5.65 Å². The number of piperidine rings is 1. The third-order valence-corrected chi connectivity index (χ3v) is 3.86. The van der Waals surface area contributed by atoms with E-state index in [0.717, 1.165) is 32.2 Å². The molecule has 0 amide bonds. The predicted molar refractivity (Wildman–Crippen MR) is 80.7 cm³/mol. The van der Waals surface area contributed by atoms with Crippen LogP contribution in [0.3, 0.4) is 0 Å². The number of hydrogen-bond acceptors (Lipinski definition) is 6. The predicted octanol–water partition coefficient (Wildman–Crippen LogP) is 2.12. The van der Waals surface area contributed by atoms with Crippen molar-refractivity contribution in [1.82, 2.24) is 14.9 Å². The molecular weight excluding hydrogens is 292 g/mol. The van der Waals surface area contributed by atoms with Gasteiger partial charge in [-0.3, -0.25) is 0 Å². The number of oxazole rings is 1. The Morgan fingerprint density at radius 2 is 2.43 bits per heavy atom. The van der Waals surface area contributed by atoms with Gasteiger partial charge >= 0.3 is 0 Å². The topological polar surface area (TPSA) is 71.3 Å². The van der Waals surface area contributed by atoms with E-state index < -0.39 is 0 Å². The number of aromatic nitrogens is 2. The van der Waals surface area contributed by atoms with Crippen molar-refractivity contribution in [2.24, 2.45) is 0 Å². The molecule has 0 aromatic carbocycles. The van der Waals surface area contributed by atoms with Crippen molar-refractivity contribution in [2.75, 3.05) is 25.5 Å². The van der Waals surface area contributed by atoms with Crippen molar-refractivity contribution in [1.29, 1.82) is 0 Å². The summed E-state index contributed by atoms with van der Waals surface area (Å²) in [5, 5.41) is 3.61. The van der Waals surface area contributed by atoms with Crippen molar-refractivity contribution in [3.05, 3.63) is 16.8 Å². The molecular formula is C14H17ClN4O2. The number of likely N-dealkylation sites (N-methyl/N-ethyl adjacent to an activating group) is 1. The normalized spacial score (nSPS) is 19.8. The van der Waals surface area contributed by atoms with Crippen molar-refractivity contribution >= 4 is 35.1 Å². The standard InChI is InChI=1S/C14H17ClN4O2/c1-19-5-2-3-10(8-19)16-14-18-13-12(21-14)9(4-6-20)7-11(15)17-13/h6-7,10H,2-5,8H2,1H3,(H,16,17,18)/t10-/m0/s1. The molecule has 2 aromatic rings. The maximum atomic E-state index is 10.7. The third kappa shape index (κ3) is 3.16. The van der Waals surface area contributed by atoms with Gasteiger partial charge in [-0.2, -0.15) is 4.98 Å². The van der Waals surface area contributed by atoms with Crippen molar-refractivity contribution in [3.63, 3.8) is 0 Å². The van der Waals surface area contributed by atoms with Crippen LogP contribution in [0.4, 0.5) is 6.01 Å². The number of aldehydes is 1. The summed E-state index contributed by atoms with van der Waals surface area (Å²) in [6.45, 7) is 2.07. The number of anilines is 1. The maximum absolute atomic E-state index is 10.7. The highest BCUT2D eigenvalue weighted by Crippen LogP contribution is 2.25. The lowest BCUT2D eigenvalue weighted by Crippen LogP contribution is -2.39. The number of hydrogen-bond donors (Lipinski definition) is 1. The molecule has 0 unspecified atom stereocenters. The van der Waals surface area contributed by atoms with E-state index in [4.69, 9.17) is 16.0 Å². The molecule has 0 aliphatic carbocycles. The summed E-state index contributed by atoms with van der Waals surface area (Å²) in [4.78, 5) is 21.5. The first-order valence-corrected chi connectivity index (χ1v) is 7.38. The highest BCUT2D eigenvalue weighted by atomic mass is 35.5. The number of halogens is 1. The van der Waals surface area contributed by atoms with Gasteiger partial charge in [0.1, 0.15) is 11.4 Å². The fourth-order valence-corrected chi connectivity index (χ4v) is 2.91. The van der Waals surface area contributed by atoms with Crippen LogP contribution in [0.1, 0.15) is 18.4 Å². The average molecular weight is 309 g/mol. The molecule has 1 atom stereocenters. The second-order valence-corrected chi connectivity index (χ2v) is 5.78. The summed E-state index contributed by atoms with van der Waals surface area (Å²) >= 11 is 5.94. The highest BCUT2D eigenvalue weighted by molar-refractivity contribution is 6.29. The minimum atomic E-state index is 0.236. The van der Waals surface area contributed by atoms with Gasteiger partial charge in [-0.1, -0.05) is 11.6 Å². The SMILES string of the molecule is CN1CCC[C@H](Nc2nc3nc(Cl)cc(CC=O)c3o2)C1. The van der Waals surface area contributed by atoms with E-state index in [1.54, 1.807) is 6.07 Å².